The number of aliphatic hydroxyl groups is 3. The van der Waals surface area contributed by atoms with Crippen LogP contribution in [0.5, 0.6) is 0 Å². The van der Waals surface area contributed by atoms with Crippen LogP contribution in [-0.4, -0.2) is 54.8 Å². The predicted molar refractivity (Wildman–Crippen MR) is 100 cm³/mol. The van der Waals surface area contributed by atoms with Crippen LogP contribution in [0.1, 0.15) is 6.23 Å². The standard InChI is InChI=1S/C17H16Cl2N4O4/c18-9-2-1-7(3-10(9)19)8-4-23(16-12(8)15(20)21-6-22-16)17-14(26)13(25)11(5-24)27-17/h1-4,6,11,13-14,17,24-26H,5H2,(H2,20,21,22)/t11-,13-,14-,17?/m1/s1. The summed E-state index contributed by atoms with van der Waals surface area (Å²) in [5.74, 6) is 0.242. The van der Waals surface area contributed by atoms with Crippen LogP contribution in [0.2, 0.25) is 10.0 Å². The van der Waals surface area contributed by atoms with Crippen LogP contribution in [0.25, 0.3) is 22.2 Å². The van der Waals surface area contributed by atoms with Crippen molar-refractivity contribution in [3.05, 3.63) is 40.8 Å². The van der Waals surface area contributed by atoms with E-state index in [4.69, 9.17) is 33.7 Å². The normalized spacial score (nSPS) is 25.4. The molecule has 1 unspecified atom stereocenters. The van der Waals surface area contributed by atoms with E-state index >= 15 is 0 Å². The quantitative estimate of drug-likeness (QED) is 0.516. The number of hydrogen-bond donors (Lipinski definition) is 4. The molecular formula is C17H16Cl2N4O4. The molecule has 27 heavy (non-hydrogen) atoms. The van der Waals surface area contributed by atoms with E-state index in [0.717, 1.165) is 5.56 Å². The second kappa shape index (κ2) is 6.90. The second-order valence-electron chi connectivity index (χ2n) is 6.27. The minimum atomic E-state index is -1.25. The molecule has 1 aliphatic heterocycles. The number of anilines is 1. The Morgan fingerprint density at radius 3 is 2.59 bits per heavy atom. The molecule has 0 amide bonds. The van der Waals surface area contributed by atoms with Crippen molar-refractivity contribution in [1.82, 2.24) is 14.5 Å². The summed E-state index contributed by atoms with van der Waals surface area (Å²) in [6.07, 6.45) is -1.36. The number of aromatic nitrogens is 3. The second-order valence-corrected chi connectivity index (χ2v) is 7.08. The SMILES string of the molecule is Nc1ncnc2c1c(-c1ccc(Cl)c(Cl)c1)cn2C1O[C@H](CO)[C@@H](O)[C@H]1O. The molecule has 1 saturated heterocycles. The Bertz CT molecular complexity index is 1010. The van der Waals surface area contributed by atoms with Crippen LogP contribution >= 0.6 is 23.2 Å². The van der Waals surface area contributed by atoms with Crippen LogP contribution in [0.3, 0.4) is 0 Å². The lowest BCUT2D eigenvalue weighted by atomic mass is 10.1. The average molecular weight is 411 g/mol. The van der Waals surface area contributed by atoms with E-state index in [1.807, 2.05) is 0 Å². The third kappa shape index (κ3) is 2.94. The van der Waals surface area contributed by atoms with Gasteiger partial charge in [0.15, 0.2) is 6.23 Å². The number of fused-ring (bicyclic) bond motifs is 1. The van der Waals surface area contributed by atoms with Crippen molar-refractivity contribution in [3.63, 3.8) is 0 Å². The number of benzene rings is 1. The molecule has 1 aromatic carbocycles. The lowest BCUT2D eigenvalue weighted by Crippen LogP contribution is -2.33. The van der Waals surface area contributed by atoms with E-state index in [2.05, 4.69) is 9.97 Å². The van der Waals surface area contributed by atoms with Crippen LogP contribution in [0.15, 0.2) is 30.7 Å². The highest BCUT2D eigenvalue weighted by atomic mass is 35.5. The van der Waals surface area contributed by atoms with Crippen molar-refractivity contribution in [2.45, 2.75) is 24.5 Å². The number of halogens is 2. The molecule has 3 heterocycles. The van der Waals surface area contributed by atoms with E-state index in [-0.39, 0.29) is 5.82 Å². The molecule has 10 heteroatoms. The van der Waals surface area contributed by atoms with Crippen LogP contribution in [-0.2, 0) is 4.74 Å². The topological polar surface area (TPSA) is 127 Å². The minimum absolute atomic E-state index is 0.242. The molecule has 1 fully saturated rings. The Hall–Kier alpha value is -1.94. The highest BCUT2D eigenvalue weighted by Crippen LogP contribution is 2.39. The number of nitrogen functional groups attached to an aromatic ring is 1. The van der Waals surface area contributed by atoms with Gasteiger partial charge in [0.25, 0.3) is 0 Å². The molecule has 0 saturated carbocycles. The Morgan fingerprint density at radius 1 is 1.15 bits per heavy atom. The zero-order valence-corrected chi connectivity index (χ0v) is 15.3. The van der Waals surface area contributed by atoms with Gasteiger partial charge in [-0.25, -0.2) is 9.97 Å². The molecular weight excluding hydrogens is 395 g/mol. The van der Waals surface area contributed by atoms with Crippen molar-refractivity contribution in [1.29, 1.82) is 0 Å². The zero-order chi connectivity index (χ0) is 19.3. The number of ether oxygens (including phenoxy) is 1. The first kappa shape index (κ1) is 18.4. The Morgan fingerprint density at radius 2 is 1.93 bits per heavy atom. The van der Waals surface area contributed by atoms with Gasteiger partial charge in [-0.2, -0.15) is 0 Å². The summed E-state index contributed by atoms with van der Waals surface area (Å²) < 4.78 is 7.19. The maximum atomic E-state index is 10.4. The third-order valence-corrected chi connectivity index (χ3v) is 5.40. The lowest BCUT2D eigenvalue weighted by Gasteiger charge is -2.17. The van der Waals surface area contributed by atoms with E-state index < -0.39 is 31.1 Å². The zero-order valence-electron chi connectivity index (χ0n) is 13.8. The van der Waals surface area contributed by atoms with Crippen molar-refractivity contribution in [2.75, 3.05) is 12.3 Å². The summed E-state index contributed by atoms with van der Waals surface area (Å²) in [4.78, 5) is 8.30. The van der Waals surface area contributed by atoms with E-state index in [1.165, 1.54) is 6.33 Å². The molecule has 0 spiro atoms. The monoisotopic (exact) mass is 410 g/mol. The van der Waals surface area contributed by atoms with E-state index in [0.29, 0.717) is 26.6 Å². The van der Waals surface area contributed by atoms with Gasteiger partial charge in [0.05, 0.1) is 22.0 Å². The Labute approximate surface area is 163 Å². The fourth-order valence-corrected chi connectivity index (χ4v) is 3.59. The highest BCUT2D eigenvalue weighted by Gasteiger charge is 2.44. The molecule has 0 aliphatic carbocycles. The van der Waals surface area contributed by atoms with E-state index in [9.17, 15) is 15.3 Å². The van der Waals surface area contributed by atoms with Crippen LogP contribution in [0, 0.1) is 0 Å². The molecule has 3 aromatic rings. The van der Waals surface area contributed by atoms with Gasteiger partial charge in [0.2, 0.25) is 0 Å². The third-order valence-electron chi connectivity index (χ3n) is 4.66. The van der Waals surface area contributed by atoms with Gasteiger partial charge in [0, 0.05) is 11.8 Å². The Kier molecular flexibility index (Phi) is 4.71. The van der Waals surface area contributed by atoms with Crippen molar-refractivity contribution in [2.24, 2.45) is 0 Å². The molecule has 5 N–H and O–H groups in total. The number of rotatable bonds is 3. The smallest absolute Gasteiger partial charge is 0.164 e. The van der Waals surface area contributed by atoms with Gasteiger partial charge in [-0.1, -0.05) is 29.3 Å². The minimum Gasteiger partial charge on any atom is -0.394 e. The Balaban J connectivity index is 1.91. The number of nitrogens with zero attached hydrogens (tertiary/aromatic N) is 3. The number of hydrogen-bond acceptors (Lipinski definition) is 7. The number of aliphatic hydroxyl groups excluding tert-OH is 3. The molecule has 1 aliphatic rings. The van der Waals surface area contributed by atoms with Crippen molar-refractivity contribution >= 4 is 40.1 Å². The largest absolute Gasteiger partial charge is 0.394 e. The highest BCUT2D eigenvalue weighted by molar-refractivity contribution is 6.42. The maximum Gasteiger partial charge on any atom is 0.164 e. The first-order valence-electron chi connectivity index (χ1n) is 8.11. The van der Waals surface area contributed by atoms with Gasteiger partial charge >= 0.3 is 0 Å². The summed E-state index contributed by atoms with van der Waals surface area (Å²) in [7, 11) is 0. The molecule has 0 radical (unpaired) electrons. The molecule has 2 aromatic heterocycles. The van der Waals surface area contributed by atoms with E-state index in [1.54, 1.807) is 29.0 Å². The average Bonchev–Trinajstić information content (AvgIpc) is 3.17. The van der Waals surface area contributed by atoms with Crippen molar-refractivity contribution < 1.29 is 20.1 Å². The van der Waals surface area contributed by atoms with Gasteiger partial charge in [-0.3, -0.25) is 0 Å². The first-order chi connectivity index (χ1) is 12.9. The molecule has 4 atom stereocenters. The first-order valence-corrected chi connectivity index (χ1v) is 8.87. The summed E-state index contributed by atoms with van der Waals surface area (Å²) in [5.41, 5.74) is 7.88. The fraction of sp³-hybridized carbons (Fsp3) is 0.294. The number of nitrogens with two attached hydrogens (primary N) is 1. The van der Waals surface area contributed by atoms with Crippen LogP contribution in [0.4, 0.5) is 5.82 Å². The summed E-state index contributed by atoms with van der Waals surface area (Å²) in [6.45, 7) is -0.426. The van der Waals surface area contributed by atoms with Gasteiger partial charge < -0.3 is 30.4 Å². The summed E-state index contributed by atoms with van der Waals surface area (Å²) >= 11 is 12.1. The van der Waals surface area contributed by atoms with Gasteiger partial charge in [0.1, 0.15) is 36.1 Å². The summed E-state index contributed by atoms with van der Waals surface area (Å²) in [6, 6.07) is 5.12. The molecule has 8 nitrogen and oxygen atoms in total. The summed E-state index contributed by atoms with van der Waals surface area (Å²) in [5, 5.41) is 31.1. The molecule has 142 valence electrons. The predicted octanol–water partition coefficient (Wildman–Crippen LogP) is 1.60. The van der Waals surface area contributed by atoms with Crippen molar-refractivity contribution in [3.8, 4) is 11.1 Å². The molecule has 0 bridgehead atoms. The fourth-order valence-electron chi connectivity index (χ4n) is 3.29. The molecule has 4 rings (SSSR count). The lowest BCUT2D eigenvalue weighted by molar-refractivity contribution is -0.0508. The van der Waals surface area contributed by atoms with Crippen LogP contribution < -0.4 is 5.73 Å². The maximum absolute atomic E-state index is 10.4. The van der Waals surface area contributed by atoms with Gasteiger partial charge in [-0.15, -0.1) is 0 Å². The van der Waals surface area contributed by atoms with Gasteiger partial charge in [-0.05, 0) is 17.7 Å².